The van der Waals surface area contributed by atoms with Gasteiger partial charge in [-0.15, -0.1) is 0 Å². The highest BCUT2D eigenvalue weighted by atomic mass is 35.5. The Morgan fingerprint density at radius 1 is 1.45 bits per heavy atom. The number of aryl methyl sites for hydroxylation is 1. The lowest BCUT2D eigenvalue weighted by Crippen LogP contribution is -2.37. The number of ether oxygens (including phenoxy) is 1. The molecule has 2 aromatic rings. The summed E-state index contributed by atoms with van der Waals surface area (Å²) in [5.41, 5.74) is 0. The zero-order chi connectivity index (χ0) is 15.5. The summed E-state index contributed by atoms with van der Waals surface area (Å²) in [5.74, 6) is 2.53. The highest BCUT2D eigenvalue weighted by Crippen LogP contribution is 2.29. The SMILES string of the molecule is COc1ncc(Cl)c(N2CCC[C@H](Cc3noc(C)n3)C2)n1. The van der Waals surface area contributed by atoms with Gasteiger partial charge in [-0.05, 0) is 18.8 Å². The minimum atomic E-state index is 0.329. The first-order valence-electron chi connectivity index (χ1n) is 7.26. The highest BCUT2D eigenvalue weighted by molar-refractivity contribution is 6.32. The Morgan fingerprint density at radius 2 is 2.32 bits per heavy atom. The van der Waals surface area contributed by atoms with Crippen molar-refractivity contribution in [3.63, 3.8) is 0 Å². The molecular formula is C14H18ClN5O2. The molecule has 0 spiro atoms. The molecule has 1 fully saturated rings. The van der Waals surface area contributed by atoms with E-state index in [1.54, 1.807) is 20.2 Å². The van der Waals surface area contributed by atoms with Gasteiger partial charge in [0.25, 0.3) is 0 Å². The average Bonchev–Trinajstić information content (AvgIpc) is 2.93. The quantitative estimate of drug-likeness (QED) is 0.854. The topological polar surface area (TPSA) is 77.2 Å². The second-order valence-corrected chi connectivity index (χ2v) is 5.82. The van der Waals surface area contributed by atoms with E-state index in [1.807, 2.05) is 0 Å². The molecule has 1 saturated heterocycles. The number of hydrogen-bond donors (Lipinski definition) is 0. The lowest BCUT2D eigenvalue weighted by molar-refractivity contribution is 0.366. The first-order valence-corrected chi connectivity index (χ1v) is 7.64. The molecule has 3 rings (SSSR count). The number of piperidine rings is 1. The molecule has 0 N–H and O–H groups in total. The first kappa shape index (κ1) is 15.0. The number of hydrogen-bond acceptors (Lipinski definition) is 7. The zero-order valence-electron chi connectivity index (χ0n) is 12.6. The van der Waals surface area contributed by atoms with E-state index in [-0.39, 0.29) is 0 Å². The highest BCUT2D eigenvalue weighted by Gasteiger charge is 2.24. The van der Waals surface area contributed by atoms with Crippen LogP contribution in [0.1, 0.15) is 24.6 Å². The van der Waals surface area contributed by atoms with Crippen LogP contribution in [-0.2, 0) is 6.42 Å². The zero-order valence-corrected chi connectivity index (χ0v) is 13.4. The Kier molecular flexibility index (Phi) is 4.42. The van der Waals surface area contributed by atoms with Gasteiger partial charge in [-0.25, -0.2) is 4.98 Å². The van der Waals surface area contributed by atoms with Gasteiger partial charge >= 0.3 is 6.01 Å². The van der Waals surface area contributed by atoms with Crippen molar-refractivity contribution in [2.75, 3.05) is 25.1 Å². The standard InChI is InChI=1S/C14H18ClN5O2/c1-9-17-12(19-22-9)6-10-4-3-5-20(8-10)13-11(15)7-16-14(18-13)21-2/h7,10H,3-6,8H2,1-2H3/t10-/m1/s1. The number of halogens is 1. The van der Waals surface area contributed by atoms with Gasteiger partial charge in [0.05, 0.1) is 13.3 Å². The second-order valence-electron chi connectivity index (χ2n) is 5.42. The lowest BCUT2D eigenvalue weighted by Gasteiger charge is -2.33. The van der Waals surface area contributed by atoms with Crippen LogP contribution in [0, 0.1) is 12.8 Å². The summed E-state index contributed by atoms with van der Waals surface area (Å²) in [6, 6.07) is 0.329. The van der Waals surface area contributed by atoms with Gasteiger partial charge in [0, 0.05) is 26.4 Å². The van der Waals surface area contributed by atoms with Gasteiger partial charge in [0.15, 0.2) is 11.6 Å². The number of rotatable bonds is 4. The smallest absolute Gasteiger partial charge is 0.318 e. The van der Waals surface area contributed by atoms with Gasteiger partial charge in [-0.2, -0.15) is 9.97 Å². The fraction of sp³-hybridized carbons (Fsp3) is 0.571. The Morgan fingerprint density at radius 3 is 3.05 bits per heavy atom. The van der Waals surface area contributed by atoms with Crippen molar-refractivity contribution in [1.82, 2.24) is 20.1 Å². The maximum atomic E-state index is 6.24. The molecule has 7 nitrogen and oxygen atoms in total. The number of anilines is 1. The molecule has 1 aliphatic rings. The van der Waals surface area contributed by atoms with E-state index in [0.717, 1.165) is 44.0 Å². The maximum absolute atomic E-state index is 6.24. The van der Waals surface area contributed by atoms with Crippen molar-refractivity contribution in [2.24, 2.45) is 5.92 Å². The van der Waals surface area contributed by atoms with Crippen LogP contribution in [0.2, 0.25) is 5.02 Å². The summed E-state index contributed by atoms with van der Waals surface area (Å²) in [6.07, 6.45) is 4.58. The summed E-state index contributed by atoms with van der Waals surface area (Å²) >= 11 is 6.24. The Hall–Kier alpha value is -1.89. The number of methoxy groups -OCH3 is 1. The van der Waals surface area contributed by atoms with Crippen LogP contribution in [0.4, 0.5) is 5.82 Å². The van der Waals surface area contributed by atoms with E-state index < -0.39 is 0 Å². The van der Waals surface area contributed by atoms with Crippen molar-refractivity contribution >= 4 is 17.4 Å². The van der Waals surface area contributed by atoms with Crippen molar-refractivity contribution in [2.45, 2.75) is 26.2 Å². The molecule has 118 valence electrons. The van der Waals surface area contributed by atoms with Crippen molar-refractivity contribution in [1.29, 1.82) is 0 Å². The molecular weight excluding hydrogens is 306 g/mol. The normalized spacial score (nSPS) is 18.5. The van der Waals surface area contributed by atoms with Gasteiger partial charge in [0.1, 0.15) is 5.02 Å². The molecule has 0 saturated carbocycles. The van der Waals surface area contributed by atoms with Crippen LogP contribution in [0.25, 0.3) is 0 Å². The van der Waals surface area contributed by atoms with E-state index in [4.69, 9.17) is 20.9 Å². The Bertz CT molecular complexity index is 648. The molecule has 0 aromatic carbocycles. The monoisotopic (exact) mass is 323 g/mol. The largest absolute Gasteiger partial charge is 0.467 e. The second kappa shape index (κ2) is 6.48. The molecule has 1 aliphatic heterocycles. The summed E-state index contributed by atoms with van der Waals surface area (Å²) in [7, 11) is 1.55. The van der Waals surface area contributed by atoms with Crippen LogP contribution in [0.5, 0.6) is 6.01 Å². The summed E-state index contributed by atoms with van der Waals surface area (Å²) in [4.78, 5) is 14.8. The third kappa shape index (κ3) is 3.30. The maximum Gasteiger partial charge on any atom is 0.318 e. The van der Waals surface area contributed by atoms with E-state index in [1.165, 1.54) is 0 Å². The minimum Gasteiger partial charge on any atom is -0.467 e. The fourth-order valence-electron chi connectivity index (χ4n) is 2.77. The molecule has 0 aliphatic carbocycles. The molecule has 2 aromatic heterocycles. The molecule has 3 heterocycles. The van der Waals surface area contributed by atoms with Crippen LogP contribution in [-0.4, -0.2) is 40.3 Å². The third-order valence-electron chi connectivity index (χ3n) is 3.75. The predicted molar refractivity (Wildman–Crippen MR) is 81.3 cm³/mol. The van der Waals surface area contributed by atoms with Gasteiger partial charge in [0.2, 0.25) is 5.89 Å². The fourth-order valence-corrected chi connectivity index (χ4v) is 2.98. The molecule has 1 atom stereocenters. The summed E-state index contributed by atoms with van der Waals surface area (Å²) < 4.78 is 10.1. The van der Waals surface area contributed by atoms with Gasteiger partial charge in [-0.1, -0.05) is 16.8 Å². The molecule has 22 heavy (non-hydrogen) atoms. The molecule has 8 heteroatoms. The Labute approximate surface area is 133 Å². The number of aromatic nitrogens is 4. The van der Waals surface area contributed by atoms with E-state index >= 15 is 0 Å². The lowest BCUT2D eigenvalue weighted by atomic mass is 9.94. The predicted octanol–water partition coefficient (Wildman–Crippen LogP) is 2.29. The number of nitrogens with zero attached hydrogens (tertiary/aromatic N) is 5. The van der Waals surface area contributed by atoms with E-state index in [2.05, 4.69) is 25.0 Å². The molecule has 0 amide bonds. The van der Waals surface area contributed by atoms with Crippen molar-refractivity contribution in [3.05, 3.63) is 22.9 Å². The molecule has 0 radical (unpaired) electrons. The van der Waals surface area contributed by atoms with Crippen molar-refractivity contribution in [3.8, 4) is 6.01 Å². The first-order chi connectivity index (χ1) is 10.7. The summed E-state index contributed by atoms with van der Waals surface area (Å²) in [5, 5.41) is 4.52. The van der Waals surface area contributed by atoms with E-state index in [0.29, 0.717) is 22.8 Å². The van der Waals surface area contributed by atoms with E-state index in [9.17, 15) is 0 Å². The van der Waals surface area contributed by atoms with Crippen LogP contribution in [0.15, 0.2) is 10.7 Å². The third-order valence-corrected chi connectivity index (χ3v) is 4.01. The van der Waals surface area contributed by atoms with Crippen LogP contribution >= 0.6 is 11.6 Å². The average molecular weight is 324 g/mol. The van der Waals surface area contributed by atoms with Crippen LogP contribution < -0.4 is 9.64 Å². The van der Waals surface area contributed by atoms with Gasteiger partial charge in [-0.3, -0.25) is 0 Å². The molecule has 0 unspecified atom stereocenters. The van der Waals surface area contributed by atoms with Gasteiger partial charge < -0.3 is 14.2 Å². The minimum absolute atomic E-state index is 0.329. The van der Waals surface area contributed by atoms with Crippen LogP contribution in [0.3, 0.4) is 0 Å². The summed E-state index contributed by atoms with van der Waals surface area (Å²) in [6.45, 7) is 3.58. The molecule has 0 bridgehead atoms. The van der Waals surface area contributed by atoms with Crippen molar-refractivity contribution < 1.29 is 9.26 Å². The Balaban J connectivity index is 1.72.